The zero-order chi connectivity index (χ0) is 25.7. The van der Waals surface area contributed by atoms with Crippen LogP contribution in [-0.4, -0.2) is 68.7 Å². The fraction of sp³-hybridized carbons (Fsp3) is 0.400. The molecule has 2 aromatic carbocycles. The van der Waals surface area contributed by atoms with Gasteiger partial charge in [0.25, 0.3) is 0 Å². The number of hydrogen-bond donors (Lipinski definition) is 2. The average molecular weight is 517 g/mol. The Morgan fingerprint density at radius 3 is 2.47 bits per heavy atom. The molecular weight excluding hydrogens is 486 g/mol. The third-order valence-corrected chi connectivity index (χ3v) is 6.36. The minimum atomic E-state index is -1.80. The van der Waals surface area contributed by atoms with E-state index in [4.69, 9.17) is 17.0 Å². The van der Waals surface area contributed by atoms with Gasteiger partial charge in [-0.3, -0.25) is 0 Å². The van der Waals surface area contributed by atoms with Gasteiger partial charge in [0.1, 0.15) is 42.2 Å². The fourth-order valence-electron chi connectivity index (χ4n) is 4.12. The molecule has 2 N–H and O–H groups in total. The number of thiocarbonyl (C=S) groups is 1. The Morgan fingerprint density at radius 2 is 1.86 bits per heavy atom. The van der Waals surface area contributed by atoms with Crippen molar-refractivity contribution in [1.82, 2.24) is 25.0 Å². The Balaban J connectivity index is 1.40. The molecule has 1 aromatic heterocycles. The lowest BCUT2D eigenvalue weighted by Gasteiger charge is -2.38. The van der Waals surface area contributed by atoms with Crippen LogP contribution >= 0.6 is 12.2 Å². The van der Waals surface area contributed by atoms with Gasteiger partial charge in [-0.2, -0.15) is 5.10 Å². The molecule has 0 radical (unpaired) electrons. The second-order valence-electron chi connectivity index (χ2n) is 9.11. The molecular formula is C25H30F2N6O2S. The van der Waals surface area contributed by atoms with Crippen molar-refractivity contribution in [1.29, 1.82) is 0 Å². The highest BCUT2D eigenvalue weighted by molar-refractivity contribution is 7.80. The van der Waals surface area contributed by atoms with Crippen molar-refractivity contribution in [3.63, 3.8) is 0 Å². The summed E-state index contributed by atoms with van der Waals surface area (Å²) in [6.45, 7) is 7.07. The summed E-state index contributed by atoms with van der Waals surface area (Å²) < 4.78 is 35.3. The van der Waals surface area contributed by atoms with Gasteiger partial charge in [-0.15, -0.1) is 0 Å². The highest BCUT2D eigenvalue weighted by Gasteiger charge is 2.35. The third kappa shape index (κ3) is 6.27. The Bertz CT molecular complexity index is 1150. The number of ether oxygens (including phenoxy) is 1. The van der Waals surface area contributed by atoms with Crippen LogP contribution in [0.15, 0.2) is 55.1 Å². The molecule has 11 heteroatoms. The first-order valence-electron chi connectivity index (χ1n) is 11.8. The first kappa shape index (κ1) is 25.8. The molecule has 4 rings (SSSR count). The molecule has 192 valence electrons. The molecule has 2 heterocycles. The number of halogens is 2. The molecule has 1 saturated heterocycles. The molecule has 1 fully saturated rings. The summed E-state index contributed by atoms with van der Waals surface area (Å²) in [6.07, 6.45) is 2.72. The molecule has 1 atom stereocenters. The predicted molar refractivity (Wildman–Crippen MR) is 137 cm³/mol. The number of nitrogens with zero attached hydrogens (tertiary/aromatic N) is 5. The van der Waals surface area contributed by atoms with E-state index in [1.165, 1.54) is 23.4 Å². The number of benzene rings is 2. The number of piperazine rings is 1. The van der Waals surface area contributed by atoms with E-state index < -0.39 is 17.2 Å². The van der Waals surface area contributed by atoms with Crippen molar-refractivity contribution < 1.29 is 18.6 Å². The minimum absolute atomic E-state index is 0.0845. The van der Waals surface area contributed by atoms with Crippen molar-refractivity contribution in [3.05, 3.63) is 72.3 Å². The molecule has 0 aliphatic carbocycles. The van der Waals surface area contributed by atoms with Crippen molar-refractivity contribution >= 4 is 23.0 Å². The van der Waals surface area contributed by atoms with Gasteiger partial charge in [-0.1, -0.05) is 6.07 Å². The molecule has 1 aliphatic heterocycles. The molecule has 0 amide bonds. The molecule has 8 nitrogen and oxygen atoms in total. The van der Waals surface area contributed by atoms with E-state index in [0.717, 1.165) is 49.1 Å². The maximum absolute atomic E-state index is 14.6. The first-order chi connectivity index (χ1) is 17.2. The maximum atomic E-state index is 14.6. The van der Waals surface area contributed by atoms with Crippen molar-refractivity contribution in [3.8, 4) is 5.75 Å². The molecule has 1 unspecified atom stereocenters. The first-order valence-corrected chi connectivity index (χ1v) is 12.2. The minimum Gasteiger partial charge on any atom is -0.490 e. The largest absolute Gasteiger partial charge is 0.490 e. The lowest BCUT2D eigenvalue weighted by molar-refractivity contribution is -0.0297. The molecule has 36 heavy (non-hydrogen) atoms. The van der Waals surface area contributed by atoms with Crippen LogP contribution in [0.5, 0.6) is 5.75 Å². The van der Waals surface area contributed by atoms with E-state index in [1.807, 2.05) is 24.3 Å². The van der Waals surface area contributed by atoms with Gasteiger partial charge in [0.15, 0.2) is 5.11 Å². The molecule has 0 spiro atoms. The number of nitrogens with one attached hydrogen (secondary N) is 1. The second kappa shape index (κ2) is 11.2. The van der Waals surface area contributed by atoms with Gasteiger partial charge in [0, 0.05) is 49.5 Å². The molecule has 1 aliphatic rings. The number of hydrogen-bond acceptors (Lipinski definition) is 6. The normalized spacial score (nSPS) is 15.6. The number of aromatic nitrogens is 3. The van der Waals surface area contributed by atoms with Crippen LogP contribution in [0, 0.1) is 11.6 Å². The summed E-state index contributed by atoms with van der Waals surface area (Å²) in [5, 5.41) is 19.4. The highest BCUT2D eigenvalue weighted by Crippen LogP contribution is 2.29. The second-order valence-corrected chi connectivity index (χ2v) is 9.50. The SMILES string of the molecule is CC(C)NC(=S)N1CCN(c2ccc(OCC(O)(Cn3cncn3)c3ccc(F)cc3F)cc2)CC1. The summed E-state index contributed by atoms with van der Waals surface area (Å²) in [5.41, 5.74) is -0.839. The van der Waals surface area contributed by atoms with Gasteiger partial charge < -0.3 is 25.0 Å². The summed E-state index contributed by atoms with van der Waals surface area (Å²) in [5.74, 6) is -1.08. The third-order valence-electron chi connectivity index (χ3n) is 5.98. The standard InChI is InChI=1S/C25H30F2N6O2S/c1-18(2)30-24(36)32-11-9-31(10-12-32)20-4-6-21(7-5-20)35-15-25(34,14-33-17-28-16-29-33)22-8-3-19(26)13-23(22)27/h3-8,13,16-18,34H,9-12,14-15H2,1-2H3,(H,30,36). The van der Waals surface area contributed by atoms with Crippen LogP contribution in [-0.2, 0) is 12.1 Å². The fourth-order valence-corrected chi connectivity index (χ4v) is 4.54. The van der Waals surface area contributed by atoms with E-state index >= 15 is 0 Å². The van der Waals surface area contributed by atoms with Crippen LogP contribution in [0.4, 0.5) is 14.5 Å². The molecule has 0 bridgehead atoms. The Kier molecular flexibility index (Phi) is 8.00. The van der Waals surface area contributed by atoms with Gasteiger partial charge in [0.05, 0.1) is 6.54 Å². The van der Waals surface area contributed by atoms with E-state index in [9.17, 15) is 13.9 Å². The molecule has 3 aromatic rings. The highest BCUT2D eigenvalue weighted by atomic mass is 32.1. The summed E-state index contributed by atoms with van der Waals surface area (Å²) in [4.78, 5) is 8.31. The van der Waals surface area contributed by atoms with Gasteiger partial charge >= 0.3 is 0 Å². The van der Waals surface area contributed by atoms with Crippen LogP contribution in [0.3, 0.4) is 0 Å². The lowest BCUT2D eigenvalue weighted by atomic mass is 9.94. The number of aliphatic hydroxyl groups is 1. The summed E-state index contributed by atoms with van der Waals surface area (Å²) in [7, 11) is 0. The summed E-state index contributed by atoms with van der Waals surface area (Å²) in [6, 6.07) is 10.9. The lowest BCUT2D eigenvalue weighted by Crippen LogP contribution is -2.52. The molecule has 0 saturated carbocycles. The number of rotatable bonds is 8. The van der Waals surface area contributed by atoms with Gasteiger partial charge in [0.2, 0.25) is 0 Å². The zero-order valence-electron chi connectivity index (χ0n) is 20.3. The van der Waals surface area contributed by atoms with E-state index in [-0.39, 0.29) is 18.7 Å². The van der Waals surface area contributed by atoms with Crippen LogP contribution in [0.2, 0.25) is 0 Å². The van der Waals surface area contributed by atoms with E-state index in [0.29, 0.717) is 11.8 Å². The average Bonchev–Trinajstić information content (AvgIpc) is 3.35. The van der Waals surface area contributed by atoms with Gasteiger partial charge in [-0.25, -0.2) is 18.4 Å². The van der Waals surface area contributed by atoms with E-state index in [1.54, 1.807) is 0 Å². The number of anilines is 1. The van der Waals surface area contributed by atoms with Crippen molar-refractivity contribution in [2.24, 2.45) is 0 Å². The zero-order valence-corrected chi connectivity index (χ0v) is 21.1. The van der Waals surface area contributed by atoms with Crippen LogP contribution in [0.1, 0.15) is 19.4 Å². The Hall–Kier alpha value is -3.31. The predicted octanol–water partition coefficient (Wildman–Crippen LogP) is 2.93. The van der Waals surface area contributed by atoms with Gasteiger partial charge in [-0.05, 0) is 56.4 Å². The monoisotopic (exact) mass is 516 g/mol. The van der Waals surface area contributed by atoms with Crippen molar-refractivity contribution in [2.75, 3.05) is 37.7 Å². The quantitative estimate of drug-likeness (QED) is 0.443. The maximum Gasteiger partial charge on any atom is 0.169 e. The van der Waals surface area contributed by atoms with Crippen LogP contribution < -0.4 is 15.0 Å². The topological polar surface area (TPSA) is 78.7 Å². The smallest absolute Gasteiger partial charge is 0.169 e. The Labute approximate surface area is 214 Å². The van der Waals surface area contributed by atoms with Crippen molar-refractivity contribution in [2.45, 2.75) is 32.0 Å². The summed E-state index contributed by atoms with van der Waals surface area (Å²) >= 11 is 5.48. The van der Waals surface area contributed by atoms with Crippen LogP contribution in [0.25, 0.3) is 0 Å². The Morgan fingerprint density at radius 1 is 1.14 bits per heavy atom. The van der Waals surface area contributed by atoms with E-state index in [2.05, 4.69) is 39.0 Å².